The van der Waals surface area contributed by atoms with Crippen molar-refractivity contribution in [3.8, 4) is 11.5 Å². The zero-order valence-electron chi connectivity index (χ0n) is 17.6. The maximum absolute atomic E-state index is 12.9. The lowest BCUT2D eigenvalue weighted by molar-refractivity contribution is -0.138. The van der Waals surface area contributed by atoms with Gasteiger partial charge < -0.3 is 14.4 Å². The molecule has 0 radical (unpaired) electrons. The molecule has 1 aromatic carbocycles. The monoisotopic (exact) mass is 438 g/mol. The number of piperidine rings is 1. The Morgan fingerprint density at radius 2 is 1.70 bits per heavy atom. The molecule has 3 heterocycles. The van der Waals surface area contributed by atoms with Gasteiger partial charge in [0, 0.05) is 65.8 Å². The smallest absolute Gasteiger partial charge is 0.281 e. The number of carbonyl (C=O) groups excluding carboxylic acids is 1. The van der Waals surface area contributed by atoms with Crippen LogP contribution in [0.3, 0.4) is 0 Å². The van der Waals surface area contributed by atoms with Gasteiger partial charge >= 0.3 is 0 Å². The number of rotatable bonds is 5. The molecular formula is C20H30N4O5S. The number of hydrogen-bond acceptors (Lipinski definition) is 6. The Morgan fingerprint density at radius 1 is 1.03 bits per heavy atom. The van der Waals surface area contributed by atoms with Crippen molar-refractivity contribution in [3.05, 3.63) is 23.8 Å². The molecule has 9 nitrogen and oxygen atoms in total. The van der Waals surface area contributed by atoms with Gasteiger partial charge in [0.15, 0.2) is 11.5 Å². The van der Waals surface area contributed by atoms with Crippen LogP contribution in [0.1, 0.15) is 18.4 Å². The van der Waals surface area contributed by atoms with Crippen molar-refractivity contribution in [2.45, 2.75) is 19.4 Å². The van der Waals surface area contributed by atoms with Crippen molar-refractivity contribution in [2.24, 2.45) is 5.92 Å². The van der Waals surface area contributed by atoms with Crippen LogP contribution in [0.25, 0.3) is 0 Å². The average molecular weight is 439 g/mol. The molecule has 1 amide bonds. The second kappa shape index (κ2) is 8.70. The average Bonchev–Trinajstić information content (AvgIpc) is 3.22. The third-order valence-electron chi connectivity index (χ3n) is 6.12. The van der Waals surface area contributed by atoms with Gasteiger partial charge in [-0.1, -0.05) is 6.07 Å². The molecule has 4 rings (SSSR count). The molecule has 0 N–H and O–H groups in total. The zero-order chi connectivity index (χ0) is 21.3. The Morgan fingerprint density at radius 3 is 2.37 bits per heavy atom. The van der Waals surface area contributed by atoms with Gasteiger partial charge in [0.25, 0.3) is 10.2 Å². The van der Waals surface area contributed by atoms with Crippen molar-refractivity contribution in [1.29, 1.82) is 0 Å². The number of nitrogens with zero attached hydrogens (tertiary/aromatic N) is 4. The van der Waals surface area contributed by atoms with Gasteiger partial charge in [0.05, 0.1) is 0 Å². The van der Waals surface area contributed by atoms with Gasteiger partial charge in [-0.2, -0.15) is 17.0 Å². The summed E-state index contributed by atoms with van der Waals surface area (Å²) >= 11 is 0. The van der Waals surface area contributed by atoms with Crippen LogP contribution in [-0.4, -0.2) is 92.9 Å². The first kappa shape index (κ1) is 21.4. The van der Waals surface area contributed by atoms with E-state index in [1.165, 1.54) is 28.3 Å². The molecule has 3 aliphatic rings. The van der Waals surface area contributed by atoms with Gasteiger partial charge in [-0.15, -0.1) is 0 Å². The van der Waals surface area contributed by atoms with E-state index in [0.29, 0.717) is 39.0 Å². The first-order valence-corrected chi connectivity index (χ1v) is 11.8. The number of hydrogen-bond donors (Lipinski definition) is 0. The van der Waals surface area contributed by atoms with E-state index < -0.39 is 10.2 Å². The lowest BCUT2D eigenvalue weighted by Gasteiger charge is -2.38. The van der Waals surface area contributed by atoms with Crippen LogP contribution >= 0.6 is 0 Å². The van der Waals surface area contributed by atoms with Gasteiger partial charge in [0.1, 0.15) is 0 Å². The second-order valence-corrected chi connectivity index (χ2v) is 10.4. The van der Waals surface area contributed by atoms with Crippen molar-refractivity contribution in [2.75, 3.05) is 60.2 Å². The van der Waals surface area contributed by atoms with E-state index in [2.05, 4.69) is 11.0 Å². The summed E-state index contributed by atoms with van der Waals surface area (Å²) in [6, 6.07) is 6.02. The Hall–Kier alpha value is -1.88. The van der Waals surface area contributed by atoms with Crippen LogP contribution < -0.4 is 9.47 Å². The first-order chi connectivity index (χ1) is 14.3. The van der Waals surface area contributed by atoms with Crippen LogP contribution in [-0.2, 0) is 21.5 Å². The Bertz CT molecular complexity index is 875. The number of piperazine rings is 1. The summed E-state index contributed by atoms with van der Waals surface area (Å²) in [7, 11) is -0.322. The van der Waals surface area contributed by atoms with E-state index in [0.717, 1.165) is 31.1 Å². The lowest BCUT2D eigenvalue weighted by Crippen LogP contribution is -2.52. The minimum Gasteiger partial charge on any atom is -0.454 e. The van der Waals surface area contributed by atoms with Gasteiger partial charge in [0.2, 0.25) is 12.7 Å². The summed E-state index contributed by atoms with van der Waals surface area (Å²) in [4.78, 5) is 17.2. The van der Waals surface area contributed by atoms with Gasteiger partial charge in [-0.3, -0.25) is 9.69 Å². The third kappa shape index (κ3) is 4.41. The van der Waals surface area contributed by atoms with Crippen LogP contribution in [0.5, 0.6) is 11.5 Å². The number of amides is 1. The minimum atomic E-state index is -3.40. The fourth-order valence-corrected chi connectivity index (χ4v) is 5.38. The molecule has 0 bridgehead atoms. The molecule has 1 aromatic rings. The molecule has 10 heteroatoms. The fourth-order valence-electron chi connectivity index (χ4n) is 4.25. The SMILES string of the molecule is CN(C)S(=O)(=O)N1CCC(C(=O)N2CCN(Cc3ccc4c(c3)OCO4)CC2)CC1. The summed E-state index contributed by atoms with van der Waals surface area (Å²) in [5.74, 6) is 1.67. The molecule has 3 aliphatic heterocycles. The highest BCUT2D eigenvalue weighted by Gasteiger charge is 2.34. The summed E-state index contributed by atoms with van der Waals surface area (Å²) in [5, 5.41) is 0. The standard InChI is InChI=1S/C20H30N4O5S/c1-21(2)30(26,27)24-7-5-17(6-8-24)20(25)23-11-9-22(10-12-23)14-16-3-4-18-19(13-16)29-15-28-18/h3-4,13,17H,5-12,14-15H2,1-2H3. The predicted molar refractivity (Wildman–Crippen MR) is 111 cm³/mol. The van der Waals surface area contributed by atoms with Crippen LogP contribution in [0.2, 0.25) is 0 Å². The zero-order valence-corrected chi connectivity index (χ0v) is 18.4. The highest BCUT2D eigenvalue weighted by Crippen LogP contribution is 2.33. The molecule has 0 unspecified atom stereocenters. The largest absolute Gasteiger partial charge is 0.454 e. The van der Waals surface area contributed by atoms with E-state index in [1.54, 1.807) is 0 Å². The molecule has 0 aliphatic carbocycles. The number of fused-ring (bicyclic) bond motifs is 1. The van der Waals surface area contributed by atoms with E-state index >= 15 is 0 Å². The molecule has 166 valence electrons. The normalized spacial score (nSPS) is 21.4. The Kier molecular flexibility index (Phi) is 6.19. The van der Waals surface area contributed by atoms with Crippen LogP contribution in [0.15, 0.2) is 18.2 Å². The number of benzene rings is 1. The van der Waals surface area contributed by atoms with Gasteiger partial charge in [-0.05, 0) is 30.5 Å². The maximum Gasteiger partial charge on any atom is 0.281 e. The maximum atomic E-state index is 12.9. The summed E-state index contributed by atoms with van der Waals surface area (Å²) in [5.41, 5.74) is 1.17. The summed E-state index contributed by atoms with van der Waals surface area (Å²) in [6.07, 6.45) is 1.17. The topological polar surface area (TPSA) is 82.6 Å². The Balaban J connectivity index is 1.25. The lowest BCUT2D eigenvalue weighted by atomic mass is 9.96. The molecule has 30 heavy (non-hydrogen) atoms. The number of ether oxygens (including phenoxy) is 2. The number of carbonyl (C=O) groups is 1. The summed E-state index contributed by atoms with van der Waals surface area (Å²) < 4.78 is 38.0. The molecule has 0 aromatic heterocycles. The first-order valence-electron chi connectivity index (χ1n) is 10.4. The minimum absolute atomic E-state index is 0.0842. The van der Waals surface area contributed by atoms with Crippen molar-refractivity contribution in [1.82, 2.24) is 18.4 Å². The van der Waals surface area contributed by atoms with Gasteiger partial charge in [-0.25, -0.2) is 0 Å². The highest BCUT2D eigenvalue weighted by molar-refractivity contribution is 7.86. The fraction of sp³-hybridized carbons (Fsp3) is 0.650. The van der Waals surface area contributed by atoms with Crippen molar-refractivity contribution in [3.63, 3.8) is 0 Å². The molecule has 2 fully saturated rings. The molecule has 0 saturated carbocycles. The quantitative estimate of drug-likeness (QED) is 0.669. The van der Waals surface area contributed by atoms with Crippen molar-refractivity contribution < 1.29 is 22.7 Å². The van der Waals surface area contributed by atoms with Crippen LogP contribution in [0, 0.1) is 5.92 Å². The second-order valence-electron chi connectivity index (χ2n) is 8.25. The van der Waals surface area contributed by atoms with E-state index in [9.17, 15) is 13.2 Å². The molecular weight excluding hydrogens is 408 g/mol. The van der Waals surface area contributed by atoms with E-state index in [-0.39, 0.29) is 18.6 Å². The molecule has 0 atom stereocenters. The van der Waals surface area contributed by atoms with Crippen molar-refractivity contribution >= 4 is 16.1 Å². The van der Waals surface area contributed by atoms with E-state index in [4.69, 9.17) is 9.47 Å². The Labute approximate surface area is 178 Å². The third-order valence-corrected chi connectivity index (χ3v) is 8.06. The molecule has 2 saturated heterocycles. The molecule has 0 spiro atoms. The predicted octanol–water partition coefficient (Wildman–Crippen LogP) is 0.578. The highest BCUT2D eigenvalue weighted by atomic mass is 32.2. The summed E-state index contributed by atoms with van der Waals surface area (Å²) in [6.45, 7) is 4.97. The van der Waals surface area contributed by atoms with Crippen LogP contribution in [0.4, 0.5) is 0 Å². The van der Waals surface area contributed by atoms with E-state index in [1.807, 2.05) is 17.0 Å².